The second-order valence-electron chi connectivity index (χ2n) is 6.15. The number of aryl methyl sites for hydroxylation is 1. The Balaban J connectivity index is 1.62. The average Bonchev–Trinajstić information content (AvgIpc) is 2.73. The zero-order chi connectivity index (χ0) is 20.6. The van der Waals surface area contributed by atoms with Gasteiger partial charge in [-0.3, -0.25) is 9.59 Å². The van der Waals surface area contributed by atoms with Gasteiger partial charge in [0.1, 0.15) is 5.82 Å². The molecule has 2 aromatic carbocycles. The average molecular weight is 389 g/mol. The van der Waals surface area contributed by atoms with E-state index < -0.39 is 18.5 Å². The lowest BCUT2D eigenvalue weighted by atomic mass is 10.1. The van der Waals surface area contributed by atoms with Crippen molar-refractivity contribution < 1.29 is 19.1 Å². The Morgan fingerprint density at radius 1 is 0.862 bits per heavy atom. The van der Waals surface area contributed by atoms with Crippen molar-refractivity contribution in [2.45, 2.75) is 6.92 Å². The first-order valence-corrected chi connectivity index (χ1v) is 8.89. The number of hydrogen-bond acceptors (Lipinski definition) is 5. The van der Waals surface area contributed by atoms with Crippen molar-refractivity contribution >= 4 is 29.3 Å². The van der Waals surface area contributed by atoms with Gasteiger partial charge in [0.15, 0.2) is 6.61 Å². The highest BCUT2D eigenvalue weighted by molar-refractivity contribution is 6.08. The number of amides is 2. The molecule has 29 heavy (non-hydrogen) atoms. The van der Waals surface area contributed by atoms with Crippen LogP contribution < -0.4 is 10.6 Å². The molecule has 0 aliphatic heterocycles. The van der Waals surface area contributed by atoms with Crippen LogP contribution in [0.4, 0.5) is 11.5 Å². The fourth-order valence-corrected chi connectivity index (χ4v) is 2.55. The van der Waals surface area contributed by atoms with E-state index in [-0.39, 0.29) is 11.5 Å². The second-order valence-corrected chi connectivity index (χ2v) is 6.15. The Kier molecular flexibility index (Phi) is 6.32. The zero-order valence-corrected chi connectivity index (χ0v) is 15.7. The van der Waals surface area contributed by atoms with Crippen molar-refractivity contribution in [1.29, 1.82) is 0 Å². The molecule has 0 saturated carbocycles. The standard InChI is InChI=1S/C22H19N3O4/c1-15-8-7-13-19(23-15)25-20(26)14-29-22(28)17-11-5-6-12-18(17)24-21(27)16-9-3-2-4-10-16/h2-13H,14H2,1H3,(H,24,27)(H,23,25,26). The number of rotatable bonds is 6. The second kappa shape index (κ2) is 9.27. The third-order valence-corrected chi connectivity index (χ3v) is 3.92. The Labute approximate surface area is 167 Å². The Bertz CT molecular complexity index is 1030. The molecule has 0 fully saturated rings. The molecule has 0 radical (unpaired) electrons. The molecule has 0 aliphatic rings. The van der Waals surface area contributed by atoms with E-state index in [1.54, 1.807) is 73.7 Å². The van der Waals surface area contributed by atoms with Crippen molar-refractivity contribution in [3.8, 4) is 0 Å². The number of benzene rings is 2. The topological polar surface area (TPSA) is 97.4 Å². The monoisotopic (exact) mass is 389 g/mol. The van der Waals surface area contributed by atoms with Gasteiger partial charge in [-0.15, -0.1) is 0 Å². The lowest BCUT2D eigenvalue weighted by molar-refractivity contribution is -0.119. The van der Waals surface area contributed by atoms with Crippen LogP contribution in [0.5, 0.6) is 0 Å². The minimum atomic E-state index is -0.721. The SMILES string of the molecule is Cc1cccc(NC(=O)COC(=O)c2ccccc2NC(=O)c2ccccc2)n1. The lowest BCUT2D eigenvalue weighted by Gasteiger charge is -2.11. The van der Waals surface area contributed by atoms with Crippen LogP contribution in [0.2, 0.25) is 0 Å². The molecule has 3 aromatic rings. The van der Waals surface area contributed by atoms with Crippen molar-refractivity contribution in [3.63, 3.8) is 0 Å². The van der Waals surface area contributed by atoms with Crippen LogP contribution in [0.3, 0.4) is 0 Å². The normalized spacial score (nSPS) is 10.1. The van der Waals surface area contributed by atoms with Crippen molar-refractivity contribution in [3.05, 3.63) is 89.6 Å². The predicted molar refractivity (Wildman–Crippen MR) is 109 cm³/mol. The summed E-state index contributed by atoms with van der Waals surface area (Å²) in [5.74, 6) is -1.21. The van der Waals surface area contributed by atoms with E-state index in [1.807, 2.05) is 0 Å². The summed E-state index contributed by atoms with van der Waals surface area (Å²) in [6, 6.07) is 20.3. The number of anilines is 2. The molecule has 146 valence electrons. The zero-order valence-electron chi connectivity index (χ0n) is 15.7. The number of aromatic nitrogens is 1. The van der Waals surface area contributed by atoms with Gasteiger partial charge in [-0.1, -0.05) is 36.4 Å². The van der Waals surface area contributed by atoms with Crippen LogP contribution in [0.1, 0.15) is 26.4 Å². The Morgan fingerprint density at radius 2 is 1.59 bits per heavy atom. The Morgan fingerprint density at radius 3 is 2.34 bits per heavy atom. The quantitative estimate of drug-likeness (QED) is 0.630. The van der Waals surface area contributed by atoms with E-state index in [1.165, 1.54) is 6.07 Å². The third kappa shape index (κ3) is 5.49. The highest BCUT2D eigenvalue weighted by Crippen LogP contribution is 2.17. The predicted octanol–water partition coefficient (Wildman–Crippen LogP) is 3.44. The van der Waals surface area contributed by atoms with Crippen LogP contribution in [-0.2, 0) is 9.53 Å². The molecule has 3 rings (SSSR count). The van der Waals surface area contributed by atoms with Gasteiger partial charge >= 0.3 is 5.97 Å². The van der Waals surface area contributed by atoms with E-state index in [0.29, 0.717) is 17.1 Å². The molecule has 1 heterocycles. The first-order valence-electron chi connectivity index (χ1n) is 8.89. The number of para-hydroxylation sites is 1. The lowest BCUT2D eigenvalue weighted by Crippen LogP contribution is -2.22. The highest BCUT2D eigenvalue weighted by Gasteiger charge is 2.16. The largest absolute Gasteiger partial charge is 0.452 e. The summed E-state index contributed by atoms with van der Waals surface area (Å²) in [7, 11) is 0. The molecule has 0 bridgehead atoms. The number of nitrogens with one attached hydrogen (secondary N) is 2. The summed E-state index contributed by atoms with van der Waals surface area (Å²) < 4.78 is 5.09. The summed E-state index contributed by atoms with van der Waals surface area (Å²) in [5.41, 5.74) is 1.66. The van der Waals surface area contributed by atoms with E-state index in [0.717, 1.165) is 5.69 Å². The van der Waals surface area contributed by atoms with Crippen LogP contribution in [0.25, 0.3) is 0 Å². The molecular formula is C22H19N3O4. The number of esters is 1. The smallest absolute Gasteiger partial charge is 0.340 e. The van der Waals surface area contributed by atoms with Crippen LogP contribution >= 0.6 is 0 Å². The highest BCUT2D eigenvalue weighted by atomic mass is 16.5. The summed E-state index contributed by atoms with van der Waals surface area (Å²) in [6.45, 7) is 1.33. The number of carbonyl (C=O) groups excluding carboxylic acids is 3. The maximum Gasteiger partial charge on any atom is 0.340 e. The minimum Gasteiger partial charge on any atom is -0.452 e. The third-order valence-electron chi connectivity index (χ3n) is 3.92. The van der Waals surface area contributed by atoms with Gasteiger partial charge in [-0.05, 0) is 43.3 Å². The molecule has 2 N–H and O–H groups in total. The van der Waals surface area contributed by atoms with Crippen molar-refractivity contribution in [2.75, 3.05) is 17.2 Å². The van der Waals surface area contributed by atoms with Crippen molar-refractivity contribution in [1.82, 2.24) is 4.98 Å². The van der Waals surface area contributed by atoms with Crippen molar-refractivity contribution in [2.24, 2.45) is 0 Å². The molecule has 1 aromatic heterocycles. The molecule has 0 unspecified atom stereocenters. The van der Waals surface area contributed by atoms with Crippen LogP contribution in [0, 0.1) is 6.92 Å². The fourth-order valence-electron chi connectivity index (χ4n) is 2.55. The van der Waals surface area contributed by atoms with Gasteiger partial charge < -0.3 is 15.4 Å². The fraction of sp³-hybridized carbons (Fsp3) is 0.0909. The van der Waals surface area contributed by atoms with Crippen LogP contribution in [-0.4, -0.2) is 29.4 Å². The summed E-state index contributed by atoms with van der Waals surface area (Å²) in [5, 5.41) is 5.25. The van der Waals surface area contributed by atoms with Gasteiger partial charge in [-0.25, -0.2) is 9.78 Å². The summed E-state index contributed by atoms with van der Waals surface area (Å²) in [6.07, 6.45) is 0. The first-order chi connectivity index (χ1) is 14.0. The van der Waals surface area contributed by atoms with E-state index in [2.05, 4.69) is 15.6 Å². The molecule has 0 spiro atoms. The number of pyridine rings is 1. The molecular weight excluding hydrogens is 370 g/mol. The van der Waals surface area contributed by atoms with E-state index in [4.69, 9.17) is 4.74 Å². The number of nitrogens with zero attached hydrogens (tertiary/aromatic N) is 1. The van der Waals surface area contributed by atoms with Crippen LogP contribution in [0.15, 0.2) is 72.8 Å². The maximum absolute atomic E-state index is 12.4. The molecule has 2 amide bonds. The number of ether oxygens (including phenoxy) is 1. The van der Waals surface area contributed by atoms with Gasteiger partial charge in [0.2, 0.25) is 0 Å². The minimum absolute atomic E-state index is 0.151. The molecule has 0 saturated heterocycles. The van der Waals surface area contributed by atoms with Gasteiger partial charge in [-0.2, -0.15) is 0 Å². The molecule has 7 nitrogen and oxygen atoms in total. The first kappa shape index (κ1) is 19.8. The maximum atomic E-state index is 12.4. The van der Waals surface area contributed by atoms with Gasteiger partial charge in [0.25, 0.3) is 11.8 Å². The molecule has 7 heteroatoms. The molecule has 0 atom stereocenters. The van der Waals surface area contributed by atoms with Gasteiger partial charge in [0, 0.05) is 11.3 Å². The van der Waals surface area contributed by atoms with E-state index in [9.17, 15) is 14.4 Å². The summed E-state index contributed by atoms with van der Waals surface area (Å²) >= 11 is 0. The summed E-state index contributed by atoms with van der Waals surface area (Å²) in [4.78, 5) is 40.9. The van der Waals surface area contributed by atoms with E-state index >= 15 is 0 Å². The molecule has 0 aliphatic carbocycles. The number of hydrogen-bond donors (Lipinski definition) is 2. The van der Waals surface area contributed by atoms with Gasteiger partial charge in [0.05, 0.1) is 11.3 Å². The Hall–Kier alpha value is -4.00. The number of carbonyl (C=O) groups is 3.